The fraction of sp³-hybridized carbons (Fsp3) is 0.371. The minimum atomic E-state index is -1.03. The molecule has 232 valence electrons. The Balaban J connectivity index is 1.64. The van der Waals surface area contributed by atoms with E-state index in [4.69, 9.17) is 18.9 Å². The van der Waals surface area contributed by atoms with Crippen LogP contribution in [0.2, 0.25) is 0 Å². The molecule has 1 atom stereocenters. The van der Waals surface area contributed by atoms with E-state index in [1.54, 1.807) is 17.0 Å². The molecule has 3 aromatic carbocycles. The van der Waals surface area contributed by atoms with E-state index in [9.17, 15) is 9.59 Å². The highest BCUT2D eigenvalue weighted by atomic mass is 16.5. The third-order valence-electron chi connectivity index (χ3n) is 8.17. The summed E-state index contributed by atoms with van der Waals surface area (Å²) in [5.74, 6) is 1.36. The number of aromatic nitrogens is 1. The average Bonchev–Trinajstić information content (AvgIpc) is 3.46. The molecule has 4 aromatic rings. The maximum absolute atomic E-state index is 14.5. The Labute approximate surface area is 258 Å². The van der Waals surface area contributed by atoms with Crippen molar-refractivity contribution < 1.29 is 28.5 Å². The van der Waals surface area contributed by atoms with Gasteiger partial charge in [0.2, 0.25) is 17.6 Å². The molecule has 2 amide bonds. The number of benzene rings is 3. The van der Waals surface area contributed by atoms with Crippen LogP contribution in [0.25, 0.3) is 10.9 Å². The maximum Gasteiger partial charge on any atom is 0.248 e. The maximum atomic E-state index is 14.5. The number of rotatable bonds is 12. The monoisotopic (exact) mass is 599 g/mol. The van der Waals surface area contributed by atoms with Gasteiger partial charge in [0.05, 0.1) is 34.4 Å². The van der Waals surface area contributed by atoms with Crippen molar-refractivity contribution in [2.45, 2.75) is 57.5 Å². The predicted molar refractivity (Wildman–Crippen MR) is 171 cm³/mol. The van der Waals surface area contributed by atoms with Crippen LogP contribution in [0, 0.1) is 0 Å². The summed E-state index contributed by atoms with van der Waals surface area (Å²) >= 11 is 0. The molecular weight excluding hydrogens is 558 g/mol. The molecule has 5 rings (SSSR count). The van der Waals surface area contributed by atoms with Gasteiger partial charge in [0, 0.05) is 28.8 Å². The molecule has 44 heavy (non-hydrogen) atoms. The second-order valence-electron chi connectivity index (χ2n) is 10.9. The van der Waals surface area contributed by atoms with Crippen molar-refractivity contribution in [2.24, 2.45) is 0 Å². The third-order valence-corrected chi connectivity index (χ3v) is 8.17. The number of nitrogens with one attached hydrogen (secondary N) is 2. The molecule has 1 aliphatic carbocycles. The molecule has 0 saturated heterocycles. The molecular formula is C35H41N3O6. The summed E-state index contributed by atoms with van der Waals surface area (Å²) in [6.07, 6.45) is 7.01. The first-order valence-electron chi connectivity index (χ1n) is 15.2. The van der Waals surface area contributed by atoms with E-state index in [0.717, 1.165) is 48.6 Å². The number of methoxy groups -OCH3 is 3. The molecule has 9 heteroatoms. The number of hydrogen-bond acceptors (Lipinski definition) is 6. The largest absolute Gasteiger partial charge is 0.494 e. The Morgan fingerprint density at radius 2 is 1.61 bits per heavy atom. The fourth-order valence-electron chi connectivity index (χ4n) is 6.04. The van der Waals surface area contributed by atoms with E-state index in [1.807, 2.05) is 61.7 Å². The highest BCUT2D eigenvalue weighted by molar-refractivity contribution is 6.03. The number of para-hydroxylation sites is 1. The van der Waals surface area contributed by atoms with Crippen LogP contribution in [0.5, 0.6) is 23.0 Å². The molecule has 0 bridgehead atoms. The lowest BCUT2D eigenvalue weighted by Gasteiger charge is -2.34. The van der Waals surface area contributed by atoms with E-state index in [2.05, 4.69) is 10.3 Å². The Morgan fingerprint density at radius 1 is 0.932 bits per heavy atom. The smallest absolute Gasteiger partial charge is 0.248 e. The van der Waals surface area contributed by atoms with Gasteiger partial charge in [-0.05, 0) is 73.4 Å². The zero-order valence-corrected chi connectivity index (χ0v) is 25.9. The molecule has 0 radical (unpaired) electrons. The lowest BCUT2D eigenvalue weighted by atomic mass is 9.94. The van der Waals surface area contributed by atoms with Gasteiger partial charge in [-0.25, -0.2) is 0 Å². The number of anilines is 1. The van der Waals surface area contributed by atoms with E-state index in [0.29, 0.717) is 40.9 Å². The molecule has 1 saturated carbocycles. The van der Waals surface area contributed by atoms with Crippen molar-refractivity contribution in [3.8, 4) is 23.0 Å². The van der Waals surface area contributed by atoms with Crippen molar-refractivity contribution in [3.63, 3.8) is 0 Å². The predicted octanol–water partition coefficient (Wildman–Crippen LogP) is 6.36. The number of ether oxygens (including phenoxy) is 4. The average molecular weight is 600 g/mol. The van der Waals surface area contributed by atoms with Crippen LogP contribution < -0.4 is 29.2 Å². The summed E-state index contributed by atoms with van der Waals surface area (Å²) in [6, 6.07) is 17.6. The van der Waals surface area contributed by atoms with Crippen LogP contribution in [0.1, 0.15) is 56.2 Å². The van der Waals surface area contributed by atoms with E-state index >= 15 is 0 Å². The SMILES string of the molecule is CCOc1ccc(N(C(=O)Cc2c[nH]c3ccccc23)C(C(=O)NC2CCCCC2)c2cc(OC)c(OC)c(OC)c2)cc1. The van der Waals surface area contributed by atoms with Crippen LogP contribution in [-0.2, 0) is 16.0 Å². The number of carbonyl (C=O) groups is 2. The molecule has 2 N–H and O–H groups in total. The van der Waals surface area contributed by atoms with Crippen molar-refractivity contribution in [1.82, 2.24) is 10.3 Å². The fourth-order valence-corrected chi connectivity index (χ4v) is 6.04. The summed E-state index contributed by atoms with van der Waals surface area (Å²) in [5.41, 5.74) is 2.89. The van der Waals surface area contributed by atoms with Gasteiger partial charge in [-0.15, -0.1) is 0 Å². The quantitative estimate of drug-likeness (QED) is 0.197. The molecule has 1 fully saturated rings. The van der Waals surface area contributed by atoms with Crippen molar-refractivity contribution in [3.05, 3.63) is 78.0 Å². The van der Waals surface area contributed by atoms with Crippen LogP contribution >= 0.6 is 0 Å². The Morgan fingerprint density at radius 3 is 2.25 bits per heavy atom. The van der Waals surface area contributed by atoms with Crippen LogP contribution in [0.4, 0.5) is 5.69 Å². The van der Waals surface area contributed by atoms with Gasteiger partial charge in [0.1, 0.15) is 11.8 Å². The second-order valence-corrected chi connectivity index (χ2v) is 10.9. The zero-order valence-electron chi connectivity index (χ0n) is 25.9. The molecule has 1 aromatic heterocycles. The standard InChI is InChI=1S/C35H41N3O6/c1-5-44-27-17-15-26(16-18-27)38(32(39)21-24-22-36-29-14-10-9-13-28(24)29)33(35(40)37-25-11-7-6-8-12-25)23-19-30(41-2)34(43-4)31(20-23)42-3/h9-10,13-20,22,25,33,36H,5-8,11-12,21H2,1-4H3,(H,37,40). The van der Waals surface area contributed by atoms with E-state index < -0.39 is 6.04 Å². The first-order valence-corrected chi connectivity index (χ1v) is 15.2. The highest BCUT2D eigenvalue weighted by Gasteiger charge is 2.36. The van der Waals surface area contributed by atoms with Gasteiger partial charge in [0.15, 0.2) is 11.5 Å². The van der Waals surface area contributed by atoms with Gasteiger partial charge >= 0.3 is 0 Å². The zero-order chi connectivity index (χ0) is 31.1. The summed E-state index contributed by atoms with van der Waals surface area (Å²) < 4.78 is 22.6. The number of hydrogen-bond donors (Lipinski definition) is 2. The van der Waals surface area contributed by atoms with Crippen LogP contribution in [0.3, 0.4) is 0 Å². The normalized spacial score (nSPS) is 14.1. The van der Waals surface area contributed by atoms with Crippen LogP contribution in [0.15, 0.2) is 66.9 Å². The number of aromatic amines is 1. The molecule has 9 nitrogen and oxygen atoms in total. The second kappa shape index (κ2) is 14.2. The number of nitrogens with zero attached hydrogens (tertiary/aromatic N) is 1. The number of amides is 2. The van der Waals surface area contributed by atoms with Crippen molar-refractivity contribution >= 4 is 28.4 Å². The number of carbonyl (C=O) groups excluding carboxylic acids is 2. The lowest BCUT2D eigenvalue weighted by molar-refractivity contribution is -0.127. The summed E-state index contributed by atoms with van der Waals surface area (Å²) in [7, 11) is 4.60. The molecule has 1 heterocycles. The molecule has 0 aliphatic heterocycles. The van der Waals surface area contributed by atoms with E-state index in [-0.39, 0.29) is 24.3 Å². The number of fused-ring (bicyclic) bond motifs is 1. The van der Waals surface area contributed by atoms with Crippen molar-refractivity contribution in [2.75, 3.05) is 32.8 Å². The molecule has 1 unspecified atom stereocenters. The van der Waals surface area contributed by atoms with E-state index in [1.165, 1.54) is 21.3 Å². The Kier molecular flexibility index (Phi) is 9.94. The van der Waals surface area contributed by atoms with Gasteiger partial charge in [-0.2, -0.15) is 0 Å². The summed E-state index contributed by atoms with van der Waals surface area (Å²) in [5, 5.41) is 4.23. The summed E-state index contributed by atoms with van der Waals surface area (Å²) in [6.45, 7) is 2.43. The van der Waals surface area contributed by atoms with Gasteiger partial charge in [-0.3, -0.25) is 14.5 Å². The minimum absolute atomic E-state index is 0.0340. The minimum Gasteiger partial charge on any atom is -0.494 e. The number of H-pyrrole nitrogens is 1. The lowest BCUT2D eigenvalue weighted by Crippen LogP contribution is -2.47. The Bertz CT molecular complexity index is 1550. The van der Waals surface area contributed by atoms with Crippen LogP contribution in [-0.4, -0.2) is 50.8 Å². The third kappa shape index (κ3) is 6.61. The van der Waals surface area contributed by atoms with Crippen molar-refractivity contribution in [1.29, 1.82) is 0 Å². The molecule has 1 aliphatic rings. The van der Waals surface area contributed by atoms with Gasteiger partial charge < -0.3 is 29.2 Å². The molecule has 0 spiro atoms. The summed E-state index contributed by atoms with van der Waals surface area (Å²) in [4.78, 5) is 33.8. The first kappa shape index (κ1) is 30.8. The highest BCUT2D eigenvalue weighted by Crippen LogP contribution is 2.42. The van der Waals surface area contributed by atoms with Gasteiger partial charge in [-0.1, -0.05) is 37.5 Å². The first-order chi connectivity index (χ1) is 21.5. The van der Waals surface area contributed by atoms with Gasteiger partial charge in [0.25, 0.3) is 0 Å². The Hall–Kier alpha value is -4.66. The topological polar surface area (TPSA) is 102 Å².